The first-order chi connectivity index (χ1) is 9.32. The SMILES string of the molecule is Cc1sc(NC(=O)CCOCC(F)F)c(C(=O)O)c1C. The Bertz CT molecular complexity index is 502. The molecule has 5 nitrogen and oxygen atoms in total. The highest BCUT2D eigenvalue weighted by atomic mass is 32.1. The van der Waals surface area contributed by atoms with Crippen LogP contribution in [0.5, 0.6) is 0 Å². The smallest absolute Gasteiger partial charge is 0.338 e. The van der Waals surface area contributed by atoms with Gasteiger partial charge < -0.3 is 15.2 Å². The fourth-order valence-electron chi connectivity index (χ4n) is 1.50. The second-order valence-electron chi connectivity index (χ2n) is 4.06. The standard InChI is InChI=1S/C12H15F2NO4S/c1-6-7(2)20-11(10(6)12(17)18)15-9(16)3-4-19-5-8(13)14/h8H,3-5H2,1-2H3,(H,15,16)(H,17,18). The molecule has 1 aromatic rings. The lowest BCUT2D eigenvalue weighted by Gasteiger charge is -2.05. The van der Waals surface area contributed by atoms with Crippen molar-refractivity contribution in [2.24, 2.45) is 0 Å². The van der Waals surface area contributed by atoms with Gasteiger partial charge in [0.2, 0.25) is 5.91 Å². The second-order valence-corrected chi connectivity index (χ2v) is 5.28. The van der Waals surface area contributed by atoms with Crippen LogP contribution in [-0.4, -0.2) is 36.6 Å². The third-order valence-corrected chi connectivity index (χ3v) is 3.69. The zero-order chi connectivity index (χ0) is 15.3. The van der Waals surface area contributed by atoms with Gasteiger partial charge >= 0.3 is 5.97 Å². The van der Waals surface area contributed by atoms with E-state index in [1.165, 1.54) is 11.3 Å². The van der Waals surface area contributed by atoms with Gasteiger partial charge in [-0.25, -0.2) is 13.6 Å². The van der Waals surface area contributed by atoms with E-state index in [4.69, 9.17) is 5.11 Å². The summed E-state index contributed by atoms with van der Waals surface area (Å²) in [5, 5.41) is 11.8. The molecule has 0 spiro atoms. The molecule has 1 rings (SSSR count). The fourth-order valence-corrected chi connectivity index (χ4v) is 2.57. The van der Waals surface area contributed by atoms with Crippen molar-refractivity contribution in [2.75, 3.05) is 18.5 Å². The summed E-state index contributed by atoms with van der Waals surface area (Å²) in [6.07, 6.45) is -2.68. The Labute approximate surface area is 118 Å². The minimum absolute atomic E-state index is 0.0642. The molecule has 0 bridgehead atoms. The Kier molecular flexibility index (Phi) is 6.03. The van der Waals surface area contributed by atoms with Gasteiger partial charge in [-0.1, -0.05) is 0 Å². The molecule has 20 heavy (non-hydrogen) atoms. The van der Waals surface area contributed by atoms with Gasteiger partial charge in [-0.2, -0.15) is 0 Å². The van der Waals surface area contributed by atoms with E-state index < -0.39 is 24.9 Å². The van der Waals surface area contributed by atoms with Crippen LogP contribution in [0.15, 0.2) is 0 Å². The number of thiophene rings is 1. The molecule has 0 radical (unpaired) electrons. The Morgan fingerprint density at radius 3 is 2.60 bits per heavy atom. The zero-order valence-corrected chi connectivity index (χ0v) is 11.9. The quantitative estimate of drug-likeness (QED) is 0.759. The lowest BCUT2D eigenvalue weighted by molar-refractivity contribution is -0.117. The minimum atomic E-state index is -2.57. The van der Waals surface area contributed by atoms with E-state index in [2.05, 4.69) is 10.1 Å². The third-order valence-electron chi connectivity index (χ3n) is 2.57. The minimum Gasteiger partial charge on any atom is -0.478 e. The monoisotopic (exact) mass is 307 g/mol. The van der Waals surface area contributed by atoms with Gasteiger partial charge in [0.25, 0.3) is 6.43 Å². The van der Waals surface area contributed by atoms with Crippen LogP contribution < -0.4 is 5.32 Å². The van der Waals surface area contributed by atoms with Gasteiger partial charge in [0.05, 0.1) is 18.6 Å². The van der Waals surface area contributed by atoms with E-state index in [0.29, 0.717) is 5.56 Å². The molecular weight excluding hydrogens is 292 g/mol. The summed E-state index contributed by atoms with van der Waals surface area (Å²) in [4.78, 5) is 23.5. The molecule has 1 amide bonds. The number of halogens is 2. The molecule has 1 aromatic heterocycles. The van der Waals surface area contributed by atoms with Crippen molar-refractivity contribution in [2.45, 2.75) is 26.7 Å². The Balaban J connectivity index is 2.58. The van der Waals surface area contributed by atoms with Crippen LogP contribution in [0.4, 0.5) is 13.8 Å². The van der Waals surface area contributed by atoms with E-state index >= 15 is 0 Å². The van der Waals surface area contributed by atoms with Gasteiger partial charge in [-0.15, -0.1) is 11.3 Å². The number of alkyl halides is 2. The van der Waals surface area contributed by atoms with Crippen LogP contribution in [0.2, 0.25) is 0 Å². The molecule has 0 fully saturated rings. The average Bonchev–Trinajstić information content (AvgIpc) is 2.60. The van der Waals surface area contributed by atoms with Crippen LogP contribution >= 0.6 is 11.3 Å². The van der Waals surface area contributed by atoms with Crippen LogP contribution in [-0.2, 0) is 9.53 Å². The summed E-state index contributed by atoms with van der Waals surface area (Å²) < 4.78 is 28.2. The number of ether oxygens (including phenoxy) is 1. The summed E-state index contributed by atoms with van der Waals surface area (Å²) >= 11 is 1.17. The molecular formula is C12H15F2NO4S. The first kappa shape index (κ1) is 16.5. The van der Waals surface area contributed by atoms with Crippen LogP contribution in [0.3, 0.4) is 0 Å². The molecule has 0 unspecified atom stereocenters. The lowest BCUT2D eigenvalue weighted by atomic mass is 10.1. The van der Waals surface area contributed by atoms with Crippen molar-refractivity contribution >= 4 is 28.2 Å². The molecule has 0 atom stereocenters. The molecule has 0 saturated carbocycles. The number of carboxylic acids is 1. The number of carbonyl (C=O) groups is 2. The zero-order valence-electron chi connectivity index (χ0n) is 11.0. The summed E-state index contributed by atoms with van der Waals surface area (Å²) in [6.45, 7) is 2.57. The number of aromatic carboxylic acids is 1. The number of hydrogen-bond donors (Lipinski definition) is 2. The first-order valence-electron chi connectivity index (χ1n) is 5.82. The Morgan fingerprint density at radius 2 is 2.05 bits per heavy atom. The Morgan fingerprint density at radius 1 is 1.40 bits per heavy atom. The number of carboxylic acid groups (broad SMARTS) is 1. The molecule has 2 N–H and O–H groups in total. The number of rotatable bonds is 7. The molecule has 1 heterocycles. The van der Waals surface area contributed by atoms with Gasteiger partial charge in [-0.05, 0) is 19.4 Å². The molecule has 0 aliphatic carbocycles. The van der Waals surface area contributed by atoms with Crippen molar-refractivity contribution in [1.29, 1.82) is 0 Å². The van der Waals surface area contributed by atoms with Crippen molar-refractivity contribution in [3.63, 3.8) is 0 Å². The number of carbonyl (C=O) groups excluding carboxylic acids is 1. The summed E-state index contributed by atoms with van der Waals surface area (Å²) in [5.74, 6) is -1.58. The Hall–Kier alpha value is -1.54. The van der Waals surface area contributed by atoms with Gasteiger partial charge in [0, 0.05) is 4.88 Å². The topological polar surface area (TPSA) is 75.6 Å². The normalized spacial score (nSPS) is 10.8. The molecule has 0 saturated heterocycles. The molecule has 0 aliphatic heterocycles. The molecule has 0 aromatic carbocycles. The lowest BCUT2D eigenvalue weighted by Crippen LogP contribution is -2.16. The third kappa shape index (κ3) is 4.53. The summed E-state index contributed by atoms with van der Waals surface area (Å²) in [6, 6.07) is 0. The predicted octanol–water partition coefficient (Wildman–Crippen LogP) is 2.67. The average molecular weight is 307 g/mol. The van der Waals surface area contributed by atoms with Crippen LogP contribution in [0.25, 0.3) is 0 Å². The van der Waals surface area contributed by atoms with Crippen molar-refractivity contribution in [3.8, 4) is 0 Å². The van der Waals surface area contributed by atoms with Crippen molar-refractivity contribution < 1.29 is 28.2 Å². The first-order valence-corrected chi connectivity index (χ1v) is 6.63. The fraction of sp³-hybridized carbons (Fsp3) is 0.500. The number of anilines is 1. The molecule has 112 valence electrons. The highest BCUT2D eigenvalue weighted by molar-refractivity contribution is 7.16. The van der Waals surface area contributed by atoms with E-state index in [1.807, 2.05) is 0 Å². The highest BCUT2D eigenvalue weighted by Crippen LogP contribution is 2.32. The molecule has 0 aliphatic rings. The van der Waals surface area contributed by atoms with Gasteiger partial charge in [0.15, 0.2) is 0 Å². The number of aryl methyl sites for hydroxylation is 1. The van der Waals surface area contributed by atoms with E-state index in [-0.39, 0.29) is 23.6 Å². The maximum Gasteiger partial charge on any atom is 0.338 e. The largest absolute Gasteiger partial charge is 0.478 e. The number of hydrogen-bond acceptors (Lipinski definition) is 4. The maximum atomic E-state index is 11.8. The molecule has 8 heteroatoms. The van der Waals surface area contributed by atoms with E-state index in [1.54, 1.807) is 13.8 Å². The second kappa shape index (κ2) is 7.30. The predicted molar refractivity (Wildman–Crippen MR) is 70.8 cm³/mol. The van der Waals surface area contributed by atoms with Gasteiger partial charge in [-0.3, -0.25) is 4.79 Å². The highest BCUT2D eigenvalue weighted by Gasteiger charge is 2.20. The summed E-state index contributed by atoms with van der Waals surface area (Å²) in [7, 11) is 0. The van der Waals surface area contributed by atoms with Crippen molar-refractivity contribution in [1.82, 2.24) is 0 Å². The van der Waals surface area contributed by atoms with Crippen LogP contribution in [0, 0.1) is 13.8 Å². The van der Waals surface area contributed by atoms with E-state index in [9.17, 15) is 18.4 Å². The van der Waals surface area contributed by atoms with Crippen molar-refractivity contribution in [3.05, 3.63) is 16.0 Å². The van der Waals surface area contributed by atoms with Gasteiger partial charge in [0.1, 0.15) is 11.6 Å². The number of amides is 1. The van der Waals surface area contributed by atoms with E-state index in [0.717, 1.165) is 4.88 Å². The maximum absolute atomic E-state index is 11.8. The number of nitrogens with one attached hydrogen (secondary N) is 1. The summed E-state index contributed by atoms with van der Waals surface area (Å²) in [5.41, 5.74) is 0.668. The van der Waals surface area contributed by atoms with Crippen LogP contribution in [0.1, 0.15) is 27.2 Å².